The highest BCUT2D eigenvalue weighted by molar-refractivity contribution is 5.96. The summed E-state index contributed by atoms with van der Waals surface area (Å²) < 4.78 is 4.77. The Morgan fingerprint density at radius 3 is 2.47 bits per heavy atom. The molecular weight excluding hydrogens is 188 g/mol. The normalized spacial score (nSPS) is 10.0. The number of methoxy groups -OCH3 is 1. The third-order valence-corrected chi connectivity index (χ3v) is 2.21. The van der Waals surface area contributed by atoms with Gasteiger partial charge in [0.15, 0.2) is 5.78 Å². The number of rotatable bonds is 5. The van der Waals surface area contributed by atoms with Gasteiger partial charge in [-0.15, -0.1) is 0 Å². The van der Waals surface area contributed by atoms with Crippen molar-refractivity contribution in [2.75, 3.05) is 13.7 Å². The highest BCUT2D eigenvalue weighted by Crippen LogP contribution is 2.09. The predicted molar refractivity (Wildman–Crippen MR) is 60.9 cm³/mol. The lowest BCUT2D eigenvalue weighted by Crippen LogP contribution is -2.10. The summed E-state index contributed by atoms with van der Waals surface area (Å²) in [7, 11) is 1.51. The second kappa shape index (κ2) is 5.47. The van der Waals surface area contributed by atoms with Crippen molar-refractivity contribution in [3.8, 4) is 0 Å². The summed E-state index contributed by atoms with van der Waals surface area (Å²) >= 11 is 0. The second-order valence-electron chi connectivity index (χ2n) is 3.62. The molecule has 0 amide bonds. The average molecular weight is 204 g/mol. The van der Waals surface area contributed by atoms with Crippen LogP contribution in [0.1, 0.15) is 11.1 Å². The number of benzene rings is 1. The van der Waals surface area contributed by atoms with Gasteiger partial charge in [-0.1, -0.05) is 36.4 Å². The predicted octanol–water partition coefficient (Wildman–Crippen LogP) is 2.31. The molecule has 0 saturated heterocycles. The Balaban J connectivity index is 2.58. The zero-order chi connectivity index (χ0) is 11.3. The number of ether oxygens (including phenoxy) is 1. The van der Waals surface area contributed by atoms with Gasteiger partial charge in [-0.25, -0.2) is 0 Å². The van der Waals surface area contributed by atoms with Crippen molar-refractivity contribution in [1.82, 2.24) is 0 Å². The first-order valence-electron chi connectivity index (χ1n) is 4.89. The van der Waals surface area contributed by atoms with Crippen LogP contribution in [0.2, 0.25) is 0 Å². The van der Waals surface area contributed by atoms with Crippen molar-refractivity contribution in [1.29, 1.82) is 0 Å². The first kappa shape index (κ1) is 11.7. The molecule has 0 aliphatic heterocycles. The average Bonchev–Trinajstić information content (AvgIpc) is 2.22. The summed E-state index contributed by atoms with van der Waals surface area (Å²) in [6.45, 7) is 5.91. The molecule has 0 bridgehead atoms. The SMILES string of the molecule is C=C(Cc1ccc(C)cc1)C(=O)COC. The van der Waals surface area contributed by atoms with Crippen molar-refractivity contribution >= 4 is 5.78 Å². The van der Waals surface area contributed by atoms with Crippen molar-refractivity contribution in [3.05, 3.63) is 47.5 Å². The van der Waals surface area contributed by atoms with Gasteiger partial charge < -0.3 is 4.74 Å². The van der Waals surface area contributed by atoms with Crippen molar-refractivity contribution < 1.29 is 9.53 Å². The van der Waals surface area contributed by atoms with Crippen LogP contribution in [0.15, 0.2) is 36.4 Å². The molecule has 15 heavy (non-hydrogen) atoms. The van der Waals surface area contributed by atoms with Crippen molar-refractivity contribution in [2.24, 2.45) is 0 Å². The monoisotopic (exact) mass is 204 g/mol. The minimum absolute atomic E-state index is 0.0296. The smallest absolute Gasteiger partial charge is 0.184 e. The molecular formula is C13H16O2. The molecule has 1 aromatic rings. The fourth-order valence-corrected chi connectivity index (χ4v) is 1.28. The van der Waals surface area contributed by atoms with E-state index in [1.54, 1.807) is 0 Å². The quantitative estimate of drug-likeness (QED) is 0.688. The fraction of sp³-hybridized carbons (Fsp3) is 0.308. The summed E-state index contributed by atoms with van der Waals surface area (Å²) in [4.78, 5) is 11.4. The lowest BCUT2D eigenvalue weighted by Gasteiger charge is -2.04. The van der Waals surface area contributed by atoms with E-state index >= 15 is 0 Å². The Morgan fingerprint density at radius 2 is 1.93 bits per heavy atom. The lowest BCUT2D eigenvalue weighted by molar-refractivity contribution is -0.119. The molecule has 2 nitrogen and oxygen atoms in total. The van der Waals surface area contributed by atoms with E-state index in [9.17, 15) is 4.79 Å². The van der Waals surface area contributed by atoms with Crippen LogP contribution in [0.3, 0.4) is 0 Å². The topological polar surface area (TPSA) is 26.3 Å². The standard InChI is InChI=1S/C13H16O2/c1-10-4-6-12(7-5-10)8-11(2)13(14)9-15-3/h4-7H,2,8-9H2,1,3H3. The van der Waals surface area contributed by atoms with Gasteiger partial charge in [0.2, 0.25) is 0 Å². The molecule has 0 aromatic heterocycles. The van der Waals surface area contributed by atoms with E-state index in [2.05, 4.69) is 6.58 Å². The molecule has 2 heteroatoms. The molecule has 1 aromatic carbocycles. The van der Waals surface area contributed by atoms with Crippen molar-refractivity contribution in [3.63, 3.8) is 0 Å². The number of hydrogen-bond acceptors (Lipinski definition) is 2. The van der Waals surface area contributed by atoms with Crippen LogP contribution in [0.5, 0.6) is 0 Å². The summed E-state index contributed by atoms with van der Waals surface area (Å²) in [6, 6.07) is 8.09. The molecule has 0 saturated carbocycles. The number of hydrogen-bond donors (Lipinski definition) is 0. The minimum atomic E-state index is -0.0296. The molecule has 0 N–H and O–H groups in total. The first-order valence-corrected chi connectivity index (χ1v) is 4.89. The van der Waals surface area contributed by atoms with E-state index in [0.717, 1.165) is 5.56 Å². The molecule has 0 spiro atoms. The third-order valence-electron chi connectivity index (χ3n) is 2.21. The number of ketones is 1. The summed E-state index contributed by atoms with van der Waals surface area (Å²) in [5.74, 6) is -0.0296. The molecule has 0 fully saturated rings. The molecule has 0 aliphatic carbocycles. The Labute approximate surface area is 90.6 Å². The minimum Gasteiger partial charge on any atom is -0.377 e. The van der Waals surface area contributed by atoms with E-state index < -0.39 is 0 Å². The highest BCUT2D eigenvalue weighted by Gasteiger charge is 2.06. The largest absolute Gasteiger partial charge is 0.377 e. The summed E-state index contributed by atoms with van der Waals surface area (Å²) in [6.07, 6.45) is 0.600. The first-order chi connectivity index (χ1) is 7.13. The molecule has 0 atom stereocenters. The summed E-state index contributed by atoms with van der Waals surface area (Å²) in [5, 5.41) is 0. The maximum atomic E-state index is 11.4. The van der Waals surface area contributed by atoms with Crippen LogP contribution in [0.25, 0.3) is 0 Å². The van der Waals surface area contributed by atoms with E-state index in [1.807, 2.05) is 31.2 Å². The Bertz CT molecular complexity index is 349. The Kier molecular flexibility index (Phi) is 4.25. The van der Waals surface area contributed by atoms with Gasteiger partial charge in [-0.05, 0) is 18.1 Å². The van der Waals surface area contributed by atoms with Gasteiger partial charge in [0, 0.05) is 13.5 Å². The van der Waals surface area contributed by atoms with Gasteiger partial charge in [-0.3, -0.25) is 4.79 Å². The number of carbonyl (C=O) groups excluding carboxylic acids is 1. The van der Waals surface area contributed by atoms with Gasteiger partial charge >= 0.3 is 0 Å². The molecule has 0 radical (unpaired) electrons. The molecule has 80 valence electrons. The van der Waals surface area contributed by atoms with E-state index in [1.165, 1.54) is 12.7 Å². The third kappa shape index (κ3) is 3.68. The number of Topliss-reactive ketones (excluding diaryl/α,β-unsaturated/α-hetero) is 1. The van der Waals surface area contributed by atoms with Crippen LogP contribution >= 0.6 is 0 Å². The molecule has 0 heterocycles. The van der Waals surface area contributed by atoms with Gasteiger partial charge in [-0.2, -0.15) is 0 Å². The lowest BCUT2D eigenvalue weighted by atomic mass is 10.0. The summed E-state index contributed by atoms with van der Waals surface area (Å²) in [5.41, 5.74) is 2.92. The maximum Gasteiger partial charge on any atom is 0.184 e. The van der Waals surface area contributed by atoms with E-state index in [0.29, 0.717) is 12.0 Å². The van der Waals surface area contributed by atoms with Crippen LogP contribution in [-0.4, -0.2) is 19.5 Å². The van der Waals surface area contributed by atoms with Crippen LogP contribution in [0.4, 0.5) is 0 Å². The zero-order valence-electron chi connectivity index (χ0n) is 9.25. The molecule has 0 unspecified atom stereocenters. The Hall–Kier alpha value is -1.41. The maximum absolute atomic E-state index is 11.4. The highest BCUT2D eigenvalue weighted by atomic mass is 16.5. The van der Waals surface area contributed by atoms with Gasteiger partial charge in [0.1, 0.15) is 6.61 Å². The molecule has 1 rings (SSSR count). The number of carbonyl (C=O) groups is 1. The number of aryl methyl sites for hydroxylation is 1. The van der Waals surface area contributed by atoms with E-state index in [-0.39, 0.29) is 12.4 Å². The van der Waals surface area contributed by atoms with Gasteiger partial charge in [0.05, 0.1) is 0 Å². The fourth-order valence-electron chi connectivity index (χ4n) is 1.28. The Morgan fingerprint density at radius 1 is 1.33 bits per heavy atom. The molecule has 0 aliphatic rings. The van der Waals surface area contributed by atoms with E-state index in [4.69, 9.17) is 4.74 Å². The zero-order valence-corrected chi connectivity index (χ0v) is 9.25. The second-order valence-corrected chi connectivity index (χ2v) is 3.62. The van der Waals surface area contributed by atoms with Crippen molar-refractivity contribution in [2.45, 2.75) is 13.3 Å². The van der Waals surface area contributed by atoms with Gasteiger partial charge in [0.25, 0.3) is 0 Å². The van der Waals surface area contributed by atoms with Crippen LogP contribution < -0.4 is 0 Å². The van der Waals surface area contributed by atoms with Crippen LogP contribution in [-0.2, 0) is 16.0 Å². The van der Waals surface area contributed by atoms with Crippen LogP contribution in [0, 0.1) is 6.92 Å².